The predicted molar refractivity (Wildman–Crippen MR) is 91.0 cm³/mol. The zero-order valence-corrected chi connectivity index (χ0v) is 13.1. The molecule has 0 aromatic heterocycles. The Kier molecular flexibility index (Phi) is 2.39. The Hall–Kier alpha value is -2.08. The second-order valence-electron chi connectivity index (χ2n) is 6.84. The fraction of sp³-hybridized carbons (Fsp3) is 0.238. The molecule has 0 radical (unpaired) electrons. The molecule has 104 valence electrons. The van der Waals surface area contributed by atoms with Crippen LogP contribution in [-0.2, 0) is 5.41 Å². The van der Waals surface area contributed by atoms with Gasteiger partial charge in [-0.1, -0.05) is 67.9 Å². The summed E-state index contributed by atoms with van der Waals surface area (Å²) >= 11 is 0. The molecule has 0 atom stereocenters. The van der Waals surface area contributed by atoms with Crippen LogP contribution in [0.1, 0.15) is 36.1 Å². The Labute approximate surface area is 126 Å². The minimum Gasteiger partial charge on any atom is -0.0616 e. The normalized spacial score (nSPS) is 15.0. The number of benzene rings is 3. The highest BCUT2D eigenvalue weighted by Crippen LogP contribution is 2.51. The lowest BCUT2D eigenvalue weighted by atomic mass is 9.81. The zero-order valence-electron chi connectivity index (χ0n) is 13.1. The molecule has 1 aliphatic carbocycles. The Morgan fingerprint density at radius 2 is 1.48 bits per heavy atom. The molecule has 0 heteroatoms. The van der Waals surface area contributed by atoms with Gasteiger partial charge in [0.2, 0.25) is 0 Å². The Morgan fingerprint density at radius 1 is 0.762 bits per heavy atom. The fourth-order valence-corrected chi connectivity index (χ4v) is 3.88. The molecule has 0 saturated heterocycles. The van der Waals surface area contributed by atoms with E-state index in [-0.39, 0.29) is 5.41 Å². The molecular weight excluding hydrogens is 252 g/mol. The second-order valence-corrected chi connectivity index (χ2v) is 6.84. The summed E-state index contributed by atoms with van der Waals surface area (Å²) in [5.74, 6) is 0. The first kappa shape index (κ1) is 12.6. The standard InChI is InChI=1S/C21H20/c1-13-9-10-17-18(11-13)21(3,4)19-12-14(2)15-7-5-6-8-16(15)20(17)19/h5-12H,1-4H3. The van der Waals surface area contributed by atoms with Gasteiger partial charge in [-0.3, -0.25) is 0 Å². The molecule has 21 heavy (non-hydrogen) atoms. The van der Waals surface area contributed by atoms with Crippen molar-refractivity contribution in [2.24, 2.45) is 0 Å². The fourth-order valence-electron chi connectivity index (χ4n) is 3.88. The lowest BCUT2D eigenvalue weighted by Gasteiger charge is -2.22. The Morgan fingerprint density at radius 3 is 2.24 bits per heavy atom. The second kappa shape index (κ2) is 3.98. The third kappa shape index (κ3) is 1.56. The zero-order chi connectivity index (χ0) is 14.8. The molecule has 4 rings (SSSR count). The third-order valence-corrected chi connectivity index (χ3v) is 5.04. The van der Waals surface area contributed by atoms with E-state index in [2.05, 4.69) is 76.2 Å². The summed E-state index contributed by atoms with van der Waals surface area (Å²) in [6, 6.07) is 18.1. The molecule has 0 saturated carbocycles. The summed E-state index contributed by atoms with van der Waals surface area (Å²) in [6.45, 7) is 9.12. The van der Waals surface area contributed by atoms with Crippen molar-refractivity contribution in [3.8, 4) is 11.1 Å². The van der Waals surface area contributed by atoms with Gasteiger partial charge in [0.05, 0.1) is 0 Å². The number of hydrogen-bond acceptors (Lipinski definition) is 0. The van der Waals surface area contributed by atoms with Crippen molar-refractivity contribution in [2.75, 3.05) is 0 Å². The van der Waals surface area contributed by atoms with Gasteiger partial charge in [-0.05, 0) is 52.4 Å². The average Bonchev–Trinajstić information content (AvgIpc) is 2.68. The van der Waals surface area contributed by atoms with Gasteiger partial charge in [0, 0.05) is 5.41 Å². The van der Waals surface area contributed by atoms with Gasteiger partial charge in [-0.25, -0.2) is 0 Å². The SMILES string of the molecule is Cc1ccc2c(c1)C(C)(C)c1cc(C)c3ccccc3c1-2. The number of aryl methyl sites for hydroxylation is 2. The monoisotopic (exact) mass is 272 g/mol. The van der Waals surface area contributed by atoms with Crippen LogP contribution >= 0.6 is 0 Å². The van der Waals surface area contributed by atoms with E-state index in [1.54, 1.807) is 0 Å². The number of rotatable bonds is 0. The Bertz CT molecular complexity index is 882. The third-order valence-electron chi connectivity index (χ3n) is 5.04. The first-order valence-corrected chi connectivity index (χ1v) is 7.64. The molecule has 0 amide bonds. The van der Waals surface area contributed by atoms with Crippen LogP contribution in [0.15, 0.2) is 48.5 Å². The van der Waals surface area contributed by atoms with Crippen LogP contribution in [0.3, 0.4) is 0 Å². The maximum absolute atomic E-state index is 2.40. The van der Waals surface area contributed by atoms with Crippen molar-refractivity contribution in [1.29, 1.82) is 0 Å². The van der Waals surface area contributed by atoms with Crippen LogP contribution < -0.4 is 0 Å². The van der Waals surface area contributed by atoms with Crippen molar-refractivity contribution in [3.05, 3.63) is 70.8 Å². The highest BCUT2D eigenvalue weighted by atomic mass is 14.4. The molecule has 0 spiro atoms. The molecular formula is C21H20. The van der Waals surface area contributed by atoms with Gasteiger partial charge in [0.15, 0.2) is 0 Å². The van der Waals surface area contributed by atoms with Crippen molar-refractivity contribution >= 4 is 10.8 Å². The van der Waals surface area contributed by atoms with Crippen molar-refractivity contribution in [3.63, 3.8) is 0 Å². The van der Waals surface area contributed by atoms with E-state index in [1.165, 1.54) is 44.2 Å². The largest absolute Gasteiger partial charge is 0.0616 e. The average molecular weight is 272 g/mol. The summed E-state index contributed by atoms with van der Waals surface area (Å²) < 4.78 is 0. The summed E-state index contributed by atoms with van der Waals surface area (Å²) in [7, 11) is 0. The molecule has 0 heterocycles. The maximum Gasteiger partial charge on any atom is 0.0159 e. The van der Waals surface area contributed by atoms with Gasteiger partial charge < -0.3 is 0 Å². The van der Waals surface area contributed by atoms with Crippen LogP contribution in [0.25, 0.3) is 21.9 Å². The van der Waals surface area contributed by atoms with Crippen molar-refractivity contribution < 1.29 is 0 Å². The molecule has 3 aromatic rings. The van der Waals surface area contributed by atoms with Crippen molar-refractivity contribution in [1.82, 2.24) is 0 Å². The molecule has 3 aromatic carbocycles. The lowest BCUT2D eigenvalue weighted by molar-refractivity contribution is 0.659. The predicted octanol–water partition coefficient (Wildman–Crippen LogP) is 5.76. The van der Waals surface area contributed by atoms with Crippen LogP contribution in [0, 0.1) is 13.8 Å². The lowest BCUT2D eigenvalue weighted by Crippen LogP contribution is -2.15. The van der Waals surface area contributed by atoms with Gasteiger partial charge in [0.25, 0.3) is 0 Å². The van der Waals surface area contributed by atoms with E-state index in [0.29, 0.717) is 0 Å². The first-order chi connectivity index (χ1) is 10.00. The number of hydrogen-bond donors (Lipinski definition) is 0. The topological polar surface area (TPSA) is 0 Å². The van der Waals surface area contributed by atoms with Crippen LogP contribution in [-0.4, -0.2) is 0 Å². The molecule has 0 unspecified atom stereocenters. The summed E-state index contributed by atoms with van der Waals surface area (Å²) in [6.07, 6.45) is 0. The molecule has 1 aliphatic rings. The van der Waals surface area contributed by atoms with E-state index in [4.69, 9.17) is 0 Å². The van der Waals surface area contributed by atoms with E-state index < -0.39 is 0 Å². The van der Waals surface area contributed by atoms with Crippen LogP contribution in [0.5, 0.6) is 0 Å². The molecule has 0 N–H and O–H groups in total. The van der Waals surface area contributed by atoms with E-state index in [0.717, 1.165) is 0 Å². The maximum atomic E-state index is 2.40. The van der Waals surface area contributed by atoms with Crippen LogP contribution in [0.2, 0.25) is 0 Å². The molecule has 0 nitrogen and oxygen atoms in total. The molecule has 0 fully saturated rings. The molecule has 0 aliphatic heterocycles. The van der Waals surface area contributed by atoms with E-state index >= 15 is 0 Å². The van der Waals surface area contributed by atoms with Crippen molar-refractivity contribution in [2.45, 2.75) is 33.1 Å². The highest BCUT2D eigenvalue weighted by molar-refractivity contribution is 6.03. The summed E-state index contributed by atoms with van der Waals surface area (Å²) in [5.41, 5.74) is 8.60. The van der Waals surface area contributed by atoms with Crippen LogP contribution in [0.4, 0.5) is 0 Å². The quantitative estimate of drug-likeness (QED) is 0.488. The summed E-state index contributed by atoms with van der Waals surface area (Å²) in [4.78, 5) is 0. The first-order valence-electron chi connectivity index (χ1n) is 7.64. The Balaban J connectivity index is 2.22. The summed E-state index contributed by atoms with van der Waals surface area (Å²) in [5, 5.41) is 2.77. The van der Waals surface area contributed by atoms with Gasteiger partial charge in [-0.2, -0.15) is 0 Å². The van der Waals surface area contributed by atoms with Gasteiger partial charge in [0.1, 0.15) is 0 Å². The minimum absolute atomic E-state index is 0.0888. The van der Waals surface area contributed by atoms with Gasteiger partial charge >= 0.3 is 0 Å². The van der Waals surface area contributed by atoms with E-state index in [1.807, 2.05) is 0 Å². The highest BCUT2D eigenvalue weighted by Gasteiger charge is 2.36. The minimum atomic E-state index is 0.0888. The smallest absolute Gasteiger partial charge is 0.0159 e. The van der Waals surface area contributed by atoms with E-state index in [9.17, 15) is 0 Å². The van der Waals surface area contributed by atoms with Gasteiger partial charge in [-0.15, -0.1) is 0 Å². The molecule has 0 bridgehead atoms. The number of fused-ring (bicyclic) bond motifs is 5.